The Bertz CT molecular complexity index is 535. The van der Waals surface area contributed by atoms with Crippen molar-refractivity contribution < 1.29 is 4.79 Å². The van der Waals surface area contributed by atoms with Crippen molar-refractivity contribution in [2.24, 2.45) is 11.1 Å². The van der Waals surface area contributed by atoms with Crippen LogP contribution in [-0.4, -0.2) is 6.41 Å². The molecule has 0 aliphatic rings. The van der Waals surface area contributed by atoms with Crippen LogP contribution in [0.15, 0.2) is 54.6 Å². The molecule has 0 bridgehead atoms. The van der Waals surface area contributed by atoms with Crippen LogP contribution in [0.4, 0.5) is 0 Å². The van der Waals surface area contributed by atoms with E-state index in [-0.39, 0.29) is 11.8 Å². The molecule has 0 saturated carbocycles. The van der Waals surface area contributed by atoms with Crippen molar-refractivity contribution in [3.05, 3.63) is 70.7 Å². The minimum atomic E-state index is 0.250. The molecule has 2 aromatic rings. The third-order valence-electron chi connectivity index (χ3n) is 3.12. The molecule has 0 aliphatic heterocycles. The number of rotatable bonds is 4. The van der Waals surface area contributed by atoms with E-state index in [0.717, 1.165) is 17.9 Å². The van der Waals surface area contributed by atoms with Crippen LogP contribution in [0.5, 0.6) is 0 Å². The van der Waals surface area contributed by atoms with Gasteiger partial charge in [0.15, 0.2) is 0 Å². The molecule has 1 amide bonds. The predicted octanol–water partition coefficient (Wildman–Crippen LogP) is 4.25. The van der Waals surface area contributed by atoms with Gasteiger partial charge in [-0.1, -0.05) is 67.9 Å². The highest BCUT2D eigenvalue weighted by atomic mass is 35.5. The predicted molar refractivity (Wildman–Crippen MR) is 89.3 cm³/mol. The molecule has 2 N–H and O–H groups in total. The van der Waals surface area contributed by atoms with Crippen molar-refractivity contribution in [3.8, 4) is 0 Å². The summed E-state index contributed by atoms with van der Waals surface area (Å²) in [4.78, 5) is 8.58. The second-order valence-electron chi connectivity index (χ2n) is 5.77. The Morgan fingerprint density at radius 3 is 1.86 bits per heavy atom. The lowest BCUT2D eigenvalue weighted by atomic mass is 9.80. The third kappa shape index (κ3) is 6.96. The summed E-state index contributed by atoms with van der Waals surface area (Å²) in [6.07, 6.45) is 2.41. The summed E-state index contributed by atoms with van der Waals surface area (Å²) in [6.45, 7) is 4.63. The summed E-state index contributed by atoms with van der Waals surface area (Å²) in [5.74, 6) is 0. The zero-order valence-electron chi connectivity index (χ0n) is 12.6. The van der Waals surface area contributed by atoms with E-state index in [0.29, 0.717) is 0 Å². The number of halogens is 1. The minimum Gasteiger partial charge on any atom is -0.372 e. The maximum atomic E-state index is 8.58. The number of carbonyl (C=O) groups excluding carboxylic acids is 1. The molecule has 0 aliphatic carbocycles. The fourth-order valence-corrected chi connectivity index (χ4v) is 2.49. The van der Waals surface area contributed by atoms with Gasteiger partial charge in [-0.2, -0.15) is 0 Å². The molecule has 0 saturated heterocycles. The van der Waals surface area contributed by atoms with Crippen LogP contribution in [-0.2, 0) is 17.6 Å². The molecule has 0 unspecified atom stereocenters. The number of benzene rings is 2. The molecular formula is C18H22ClNO. The first-order chi connectivity index (χ1) is 9.96. The lowest BCUT2D eigenvalue weighted by Crippen LogP contribution is -2.18. The Balaban J connectivity index is 0.000000677. The Morgan fingerprint density at radius 1 is 0.952 bits per heavy atom. The van der Waals surface area contributed by atoms with E-state index in [9.17, 15) is 0 Å². The van der Waals surface area contributed by atoms with Crippen molar-refractivity contribution in [3.63, 3.8) is 0 Å². The summed E-state index contributed by atoms with van der Waals surface area (Å²) < 4.78 is 0. The topological polar surface area (TPSA) is 43.1 Å². The number of amides is 1. The summed E-state index contributed by atoms with van der Waals surface area (Å²) in [7, 11) is 0. The Kier molecular flexibility index (Phi) is 6.97. The molecule has 0 aromatic heterocycles. The van der Waals surface area contributed by atoms with Gasteiger partial charge in [-0.3, -0.25) is 4.79 Å². The number of nitrogens with two attached hydrogens (primary N) is 1. The molecule has 112 valence electrons. The minimum absolute atomic E-state index is 0.250. The molecule has 3 heteroatoms. The molecule has 2 nitrogen and oxygen atoms in total. The van der Waals surface area contributed by atoms with E-state index in [1.165, 1.54) is 11.1 Å². The number of carbonyl (C=O) groups is 1. The first-order valence-corrected chi connectivity index (χ1v) is 7.28. The van der Waals surface area contributed by atoms with Crippen LogP contribution in [0.25, 0.3) is 0 Å². The molecule has 2 aromatic carbocycles. The Labute approximate surface area is 131 Å². The molecule has 0 fully saturated rings. The van der Waals surface area contributed by atoms with Gasteiger partial charge in [0.05, 0.1) is 0 Å². The highest BCUT2D eigenvalue weighted by Gasteiger charge is 2.19. The van der Waals surface area contributed by atoms with Crippen LogP contribution in [0.3, 0.4) is 0 Å². The van der Waals surface area contributed by atoms with Gasteiger partial charge in [0.2, 0.25) is 6.41 Å². The first-order valence-electron chi connectivity index (χ1n) is 6.90. The molecule has 0 radical (unpaired) electrons. The maximum Gasteiger partial charge on any atom is 0.204 e. The van der Waals surface area contributed by atoms with E-state index in [1.807, 2.05) is 12.1 Å². The van der Waals surface area contributed by atoms with Gasteiger partial charge >= 0.3 is 0 Å². The quantitative estimate of drug-likeness (QED) is 0.843. The average molecular weight is 304 g/mol. The normalized spacial score (nSPS) is 10.4. The summed E-state index contributed by atoms with van der Waals surface area (Å²) >= 11 is 5.91. The SMILES string of the molecule is CC(C)(Cc1ccccc1)Cc1ccc(Cl)cc1.NC=O. The monoisotopic (exact) mass is 303 g/mol. The van der Waals surface area contributed by atoms with Crippen molar-refractivity contribution in [1.29, 1.82) is 0 Å². The van der Waals surface area contributed by atoms with Crippen LogP contribution >= 0.6 is 11.6 Å². The third-order valence-corrected chi connectivity index (χ3v) is 3.37. The molecule has 21 heavy (non-hydrogen) atoms. The van der Waals surface area contributed by atoms with E-state index >= 15 is 0 Å². The number of primary amides is 1. The van der Waals surface area contributed by atoms with Gasteiger partial charge in [-0.15, -0.1) is 0 Å². The maximum absolute atomic E-state index is 8.58. The van der Waals surface area contributed by atoms with Crippen LogP contribution in [0, 0.1) is 5.41 Å². The van der Waals surface area contributed by atoms with Crippen molar-refractivity contribution in [2.75, 3.05) is 0 Å². The van der Waals surface area contributed by atoms with Crippen LogP contribution < -0.4 is 5.73 Å². The highest BCUT2D eigenvalue weighted by Crippen LogP contribution is 2.27. The van der Waals surface area contributed by atoms with Gasteiger partial charge in [-0.25, -0.2) is 0 Å². The molecule has 2 rings (SSSR count). The van der Waals surface area contributed by atoms with E-state index in [4.69, 9.17) is 16.4 Å². The summed E-state index contributed by atoms with van der Waals surface area (Å²) in [5, 5.41) is 0.805. The lowest BCUT2D eigenvalue weighted by Gasteiger charge is -2.25. The molecule has 0 spiro atoms. The molecule has 0 atom stereocenters. The van der Waals surface area contributed by atoms with Gasteiger partial charge in [0.25, 0.3) is 0 Å². The van der Waals surface area contributed by atoms with Crippen molar-refractivity contribution in [2.45, 2.75) is 26.7 Å². The van der Waals surface area contributed by atoms with Gasteiger partial charge < -0.3 is 5.73 Å². The Morgan fingerprint density at radius 2 is 1.38 bits per heavy atom. The van der Waals surface area contributed by atoms with Crippen LogP contribution in [0.2, 0.25) is 5.02 Å². The van der Waals surface area contributed by atoms with Crippen molar-refractivity contribution in [1.82, 2.24) is 0 Å². The van der Waals surface area contributed by atoms with Gasteiger partial charge in [0.1, 0.15) is 0 Å². The van der Waals surface area contributed by atoms with E-state index in [1.54, 1.807) is 0 Å². The van der Waals surface area contributed by atoms with Gasteiger partial charge in [0, 0.05) is 5.02 Å². The zero-order chi connectivity index (χ0) is 15.7. The largest absolute Gasteiger partial charge is 0.372 e. The van der Waals surface area contributed by atoms with Crippen LogP contribution in [0.1, 0.15) is 25.0 Å². The summed E-state index contributed by atoms with van der Waals surface area (Å²) in [5.41, 5.74) is 7.17. The van der Waals surface area contributed by atoms with E-state index in [2.05, 4.69) is 62.0 Å². The number of hydrogen-bond acceptors (Lipinski definition) is 1. The second kappa shape index (κ2) is 8.48. The summed E-state index contributed by atoms with van der Waals surface area (Å²) in [6, 6.07) is 18.8. The smallest absolute Gasteiger partial charge is 0.204 e. The Hall–Kier alpha value is -1.80. The van der Waals surface area contributed by atoms with Crippen molar-refractivity contribution >= 4 is 18.0 Å². The fraction of sp³-hybridized carbons (Fsp3) is 0.278. The molecule has 0 heterocycles. The average Bonchev–Trinajstić information content (AvgIpc) is 2.43. The fourth-order valence-electron chi connectivity index (χ4n) is 2.37. The lowest BCUT2D eigenvalue weighted by molar-refractivity contribution is -0.106. The van der Waals surface area contributed by atoms with Gasteiger partial charge in [-0.05, 0) is 41.5 Å². The second-order valence-corrected chi connectivity index (χ2v) is 6.20. The zero-order valence-corrected chi connectivity index (χ0v) is 13.3. The molecular weight excluding hydrogens is 282 g/mol. The number of hydrogen-bond donors (Lipinski definition) is 1. The first kappa shape index (κ1) is 17.3. The standard InChI is InChI=1S/C17H19Cl.CH3NO/c1-17(2,12-14-6-4-3-5-7-14)13-15-8-10-16(18)11-9-15;2-1-3/h3-11H,12-13H2,1-2H3;1H,(H2,2,3). The van der Waals surface area contributed by atoms with E-state index < -0.39 is 0 Å². The highest BCUT2D eigenvalue weighted by molar-refractivity contribution is 6.30.